The fraction of sp³-hybridized carbons (Fsp3) is 0.148. The number of benzene rings is 3. The zero-order chi connectivity index (χ0) is 25.7. The first-order valence-electron chi connectivity index (χ1n) is 11.0. The van der Waals surface area contributed by atoms with Crippen LogP contribution in [-0.4, -0.2) is 40.8 Å². The molecule has 3 aromatic rings. The van der Waals surface area contributed by atoms with E-state index < -0.39 is 12.6 Å². The molecule has 1 fully saturated rings. The van der Waals surface area contributed by atoms with Crippen LogP contribution in [0.25, 0.3) is 6.08 Å². The SMILES string of the molecule is COc1cc(/C=C2/SC(=Nc3ccc(C)cc3)N(Cc3ccccc3)C2=O)cc(Br)c1OCC(=O)O. The van der Waals surface area contributed by atoms with Crippen LogP contribution in [0.15, 0.2) is 81.1 Å². The average molecular weight is 567 g/mol. The zero-order valence-electron chi connectivity index (χ0n) is 19.6. The molecule has 184 valence electrons. The van der Waals surface area contributed by atoms with Gasteiger partial charge in [0.15, 0.2) is 23.3 Å². The predicted octanol–water partition coefficient (Wildman–Crippen LogP) is 6.03. The van der Waals surface area contributed by atoms with Crippen LogP contribution in [0, 0.1) is 6.92 Å². The largest absolute Gasteiger partial charge is 0.493 e. The lowest BCUT2D eigenvalue weighted by atomic mass is 10.1. The molecular weight excluding hydrogens is 544 g/mol. The minimum atomic E-state index is -1.10. The number of halogens is 1. The summed E-state index contributed by atoms with van der Waals surface area (Å²) in [7, 11) is 1.47. The molecule has 9 heteroatoms. The van der Waals surface area contributed by atoms with Crippen molar-refractivity contribution in [2.24, 2.45) is 4.99 Å². The molecule has 1 aliphatic rings. The molecule has 1 aliphatic heterocycles. The van der Waals surface area contributed by atoms with Gasteiger partial charge in [-0.2, -0.15) is 0 Å². The molecule has 0 saturated carbocycles. The molecule has 1 N–H and O–H groups in total. The Hall–Kier alpha value is -3.56. The summed E-state index contributed by atoms with van der Waals surface area (Å²) in [4.78, 5) is 31.3. The number of carbonyl (C=O) groups excluding carboxylic acids is 1. The van der Waals surface area contributed by atoms with E-state index in [4.69, 9.17) is 19.6 Å². The number of carbonyl (C=O) groups is 2. The van der Waals surface area contributed by atoms with Gasteiger partial charge in [-0.3, -0.25) is 9.69 Å². The maximum atomic E-state index is 13.5. The molecule has 7 nitrogen and oxygen atoms in total. The van der Waals surface area contributed by atoms with Crippen molar-refractivity contribution < 1.29 is 24.2 Å². The third-order valence-electron chi connectivity index (χ3n) is 5.22. The summed E-state index contributed by atoms with van der Waals surface area (Å²) in [6.45, 7) is 1.90. The number of methoxy groups -OCH3 is 1. The number of hydrogen-bond donors (Lipinski definition) is 1. The molecule has 0 aromatic heterocycles. The van der Waals surface area contributed by atoms with E-state index in [1.807, 2.05) is 61.5 Å². The number of rotatable bonds is 8. The van der Waals surface area contributed by atoms with E-state index in [-0.39, 0.29) is 11.7 Å². The Morgan fingerprint density at radius 2 is 1.86 bits per heavy atom. The minimum absolute atomic E-state index is 0.156. The molecule has 1 heterocycles. The summed E-state index contributed by atoms with van der Waals surface area (Å²) in [5.41, 5.74) is 3.58. The van der Waals surface area contributed by atoms with Gasteiger partial charge in [-0.15, -0.1) is 0 Å². The number of amides is 1. The Labute approximate surface area is 221 Å². The molecule has 0 unspecified atom stereocenters. The molecular formula is C27H23BrN2O5S. The third kappa shape index (κ3) is 6.16. The second kappa shape index (κ2) is 11.5. The number of aliphatic carboxylic acids is 1. The Balaban J connectivity index is 1.69. The van der Waals surface area contributed by atoms with Crippen molar-refractivity contribution in [2.45, 2.75) is 13.5 Å². The topological polar surface area (TPSA) is 88.4 Å². The highest BCUT2D eigenvalue weighted by molar-refractivity contribution is 9.10. The van der Waals surface area contributed by atoms with Gasteiger partial charge in [0.05, 0.1) is 28.7 Å². The van der Waals surface area contributed by atoms with Gasteiger partial charge in [0.1, 0.15) is 0 Å². The summed E-state index contributed by atoms with van der Waals surface area (Å²) in [5.74, 6) is -0.625. The molecule has 0 radical (unpaired) electrons. The first-order valence-corrected chi connectivity index (χ1v) is 12.6. The van der Waals surface area contributed by atoms with Crippen LogP contribution in [0.2, 0.25) is 0 Å². The molecule has 3 aromatic carbocycles. The standard InChI is InChI=1S/C27H23BrN2O5S/c1-17-8-10-20(11-9-17)29-27-30(15-18-6-4-3-5-7-18)26(33)23(36-27)14-19-12-21(28)25(22(13-19)34-2)35-16-24(31)32/h3-14H,15-16H2,1-2H3,(H,31,32)/b23-14+,29-27?. The van der Waals surface area contributed by atoms with Crippen molar-refractivity contribution in [1.29, 1.82) is 0 Å². The molecule has 0 spiro atoms. The molecule has 0 aliphatic carbocycles. The van der Waals surface area contributed by atoms with Crippen LogP contribution in [0.3, 0.4) is 0 Å². The monoisotopic (exact) mass is 566 g/mol. The number of carboxylic acid groups (broad SMARTS) is 1. The highest BCUT2D eigenvalue weighted by Crippen LogP contribution is 2.40. The summed E-state index contributed by atoms with van der Waals surface area (Å²) < 4.78 is 11.3. The Bertz CT molecular complexity index is 1340. The van der Waals surface area contributed by atoms with Crippen LogP contribution >= 0.6 is 27.7 Å². The van der Waals surface area contributed by atoms with Crippen LogP contribution in [0.4, 0.5) is 5.69 Å². The van der Waals surface area contributed by atoms with E-state index >= 15 is 0 Å². The Kier molecular flexibility index (Phi) is 8.12. The van der Waals surface area contributed by atoms with Crippen LogP contribution in [-0.2, 0) is 16.1 Å². The predicted molar refractivity (Wildman–Crippen MR) is 145 cm³/mol. The molecule has 0 bridgehead atoms. The lowest BCUT2D eigenvalue weighted by Crippen LogP contribution is -2.28. The number of amidine groups is 1. The van der Waals surface area contributed by atoms with Gasteiger partial charge >= 0.3 is 5.97 Å². The molecule has 1 amide bonds. The molecule has 1 saturated heterocycles. The van der Waals surface area contributed by atoms with Gasteiger partial charge in [0.2, 0.25) is 0 Å². The first kappa shape index (κ1) is 25.5. The zero-order valence-corrected chi connectivity index (χ0v) is 22.0. The number of thioether (sulfide) groups is 1. The number of ether oxygens (including phenoxy) is 2. The van der Waals surface area contributed by atoms with Gasteiger partial charge in [-0.1, -0.05) is 48.0 Å². The van der Waals surface area contributed by atoms with Gasteiger partial charge in [-0.25, -0.2) is 9.79 Å². The summed E-state index contributed by atoms with van der Waals surface area (Å²) in [6, 6.07) is 21.0. The summed E-state index contributed by atoms with van der Waals surface area (Å²) >= 11 is 4.72. The van der Waals surface area contributed by atoms with Gasteiger partial charge < -0.3 is 14.6 Å². The maximum absolute atomic E-state index is 13.5. The smallest absolute Gasteiger partial charge is 0.341 e. The normalized spacial score (nSPS) is 15.5. The lowest BCUT2D eigenvalue weighted by Gasteiger charge is -2.15. The van der Waals surface area contributed by atoms with E-state index in [1.165, 1.54) is 18.9 Å². The maximum Gasteiger partial charge on any atom is 0.341 e. The summed E-state index contributed by atoms with van der Waals surface area (Å²) in [6.07, 6.45) is 1.76. The van der Waals surface area contributed by atoms with Crippen molar-refractivity contribution in [2.75, 3.05) is 13.7 Å². The molecule has 4 rings (SSSR count). The Morgan fingerprint density at radius 3 is 2.53 bits per heavy atom. The number of carboxylic acids is 1. The molecule has 36 heavy (non-hydrogen) atoms. The first-order chi connectivity index (χ1) is 17.3. The van der Waals surface area contributed by atoms with Crippen LogP contribution < -0.4 is 9.47 Å². The fourth-order valence-corrected chi connectivity index (χ4v) is 5.05. The number of aryl methyl sites for hydroxylation is 1. The van der Waals surface area contributed by atoms with Crippen LogP contribution in [0.1, 0.15) is 16.7 Å². The van der Waals surface area contributed by atoms with E-state index in [2.05, 4.69) is 15.9 Å². The minimum Gasteiger partial charge on any atom is -0.493 e. The number of aliphatic imine (C=N–C) groups is 1. The second-order valence-corrected chi connectivity index (χ2v) is 9.80. The average Bonchev–Trinajstić information content (AvgIpc) is 3.13. The quantitative estimate of drug-likeness (QED) is 0.335. The summed E-state index contributed by atoms with van der Waals surface area (Å²) in [5, 5.41) is 9.52. The van der Waals surface area contributed by atoms with Crippen LogP contribution in [0.5, 0.6) is 11.5 Å². The Morgan fingerprint density at radius 1 is 1.14 bits per heavy atom. The van der Waals surface area contributed by atoms with Gasteiger partial charge in [-0.05, 0) is 76.1 Å². The van der Waals surface area contributed by atoms with Crippen molar-refractivity contribution in [3.8, 4) is 11.5 Å². The lowest BCUT2D eigenvalue weighted by molar-refractivity contribution is -0.139. The number of hydrogen-bond acceptors (Lipinski definition) is 6. The van der Waals surface area contributed by atoms with Gasteiger partial charge in [0, 0.05) is 0 Å². The van der Waals surface area contributed by atoms with Crippen molar-refractivity contribution in [1.82, 2.24) is 4.90 Å². The van der Waals surface area contributed by atoms with Crippen molar-refractivity contribution in [3.63, 3.8) is 0 Å². The molecule has 0 atom stereocenters. The van der Waals surface area contributed by atoms with E-state index in [0.29, 0.717) is 32.4 Å². The van der Waals surface area contributed by atoms with Crippen molar-refractivity contribution >= 4 is 56.5 Å². The highest BCUT2D eigenvalue weighted by atomic mass is 79.9. The van der Waals surface area contributed by atoms with E-state index in [9.17, 15) is 9.59 Å². The van der Waals surface area contributed by atoms with Gasteiger partial charge in [0.25, 0.3) is 5.91 Å². The van der Waals surface area contributed by atoms with E-state index in [0.717, 1.165) is 16.8 Å². The second-order valence-electron chi connectivity index (χ2n) is 7.93. The van der Waals surface area contributed by atoms with E-state index in [1.54, 1.807) is 23.1 Å². The highest BCUT2D eigenvalue weighted by Gasteiger charge is 2.33. The number of nitrogens with zero attached hydrogens (tertiary/aromatic N) is 2. The fourth-order valence-electron chi connectivity index (χ4n) is 3.47. The third-order valence-corrected chi connectivity index (χ3v) is 6.82. The van der Waals surface area contributed by atoms with Crippen molar-refractivity contribution in [3.05, 3.63) is 92.8 Å².